The molecule has 0 atom stereocenters. The zero-order valence-corrected chi connectivity index (χ0v) is 21.5. The SMILES string of the molecule is CCCCCC(=O)N(CC(=O)N(CCc1c[nH]c2ccccc12)Cc1ccc(OC)cc1)C(C)C. The van der Waals surface area contributed by atoms with Crippen molar-refractivity contribution in [2.24, 2.45) is 0 Å². The van der Waals surface area contributed by atoms with Crippen molar-refractivity contribution in [3.8, 4) is 5.75 Å². The smallest absolute Gasteiger partial charge is 0.242 e. The van der Waals surface area contributed by atoms with E-state index in [1.54, 1.807) is 12.0 Å². The van der Waals surface area contributed by atoms with E-state index in [0.29, 0.717) is 19.5 Å². The van der Waals surface area contributed by atoms with Crippen molar-refractivity contribution in [1.29, 1.82) is 0 Å². The number of carbonyl (C=O) groups is 2. The number of hydrogen-bond donors (Lipinski definition) is 1. The van der Waals surface area contributed by atoms with Gasteiger partial charge in [0.25, 0.3) is 0 Å². The Balaban J connectivity index is 1.75. The number of nitrogens with one attached hydrogen (secondary N) is 1. The van der Waals surface area contributed by atoms with Crippen molar-refractivity contribution >= 4 is 22.7 Å². The first-order chi connectivity index (χ1) is 16.9. The van der Waals surface area contributed by atoms with Crippen molar-refractivity contribution in [1.82, 2.24) is 14.8 Å². The zero-order valence-electron chi connectivity index (χ0n) is 21.5. The molecule has 0 spiro atoms. The summed E-state index contributed by atoms with van der Waals surface area (Å²) < 4.78 is 5.28. The van der Waals surface area contributed by atoms with E-state index in [2.05, 4.69) is 24.0 Å². The Bertz CT molecular complexity index is 1090. The summed E-state index contributed by atoms with van der Waals surface area (Å²) in [5, 5.41) is 1.18. The van der Waals surface area contributed by atoms with Crippen LogP contribution >= 0.6 is 0 Å². The monoisotopic (exact) mass is 477 g/mol. The fraction of sp³-hybridized carbons (Fsp3) is 0.448. The molecule has 0 radical (unpaired) electrons. The normalized spacial score (nSPS) is 11.1. The number of amides is 2. The molecule has 0 aliphatic carbocycles. The summed E-state index contributed by atoms with van der Waals surface area (Å²) in [6.45, 7) is 7.24. The van der Waals surface area contributed by atoms with Gasteiger partial charge in [0.1, 0.15) is 5.75 Å². The topological polar surface area (TPSA) is 65.6 Å². The van der Waals surface area contributed by atoms with Gasteiger partial charge in [0.05, 0.1) is 13.7 Å². The quantitative estimate of drug-likeness (QED) is 0.328. The Morgan fingerprint density at radius 3 is 2.43 bits per heavy atom. The first-order valence-electron chi connectivity index (χ1n) is 12.7. The van der Waals surface area contributed by atoms with Crippen molar-refractivity contribution in [2.75, 3.05) is 20.2 Å². The van der Waals surface area contributed by atoms with E-state index in [0.717, 1.165) is 42.5 Å². The van der Waals surface area contributed by atoms with E-state index < -0.39 is 0 Å². The lowest BCUT2D eigenvalue weighted by molar-refractivity contribution is -0.142. The van der Waals surface area contributed by atoms with Crippen LogP contribution < -0.4 is 4.74 Å². The molecule has 0 fully saturated rings. The molecule has 3 aromatic rings. The molecular formula is C29H39N3O3. The van der Waals surface area contributed by atoms with Crippen molar-refractivity contribution in [2.45, 2.75) is 65.5 Å². The third kappa shape index (κ3) is 7.35. The lowest BCUT2D eigenvalue weighted by atomic mass is 10.1. The van der Waals surface area contributed by atoms with Gasteiger partial charge < -0.3 is 19.5 Å². The molecule has 0 unspecified atom stereocenters. The van der Waals surface area contributed by atoms with Gasteiger partial charge in [-0.1, -0.05) is 50.1 Å². The summed E-state index contributed by atoms with van der Waals surface area (Å²) in [5.74, 6) is 0.815. The van der Waals surface area contributed by atoms with Crippen LogP contribution in [0.15, 0.2) is 54.7 Å². The highest BCUT2D eigenvalue weighted by Crippen LogP contribution is 2.20. The molecule has 0 saturated carbocycles. The van der Waals surface area contributed by atoms with Crippen LogP contribution in [0.3, 0.4) is 0 Å². The van der Waals surface area contributed by atoms with Gasteiger partial charge in [0.2, 0.25) is 11.8 Å². The molecule has 0 aliphatic rings. The Kier molecular flexibility index (Phi) is 9.76. The van der Waals surface area contributed by atoms with Gasteiger partial charge in [-0.2, -0.15) is 0 Å². The van der Waals surface area contributed by atoms with Gasteiger partial charge in [0, 0.05) is 42.7 Å². The number of fused-ring (bicyclic) bond motifs is 1. The molecule has 6 heteroatoms. The van der Waals surface area contributed by atoms with E-state index in [9.17, 15) is 9.59 Å². The Morgan fingerprint density at radius 1 is 1.00 bits per heavy atom. The van der Waals surface area contributed by atoms with Crippen LogP contribution in [0.25, 0.3) is 10.9 Å². The van der Waals surface area contributed by atoms with Crippen LogP contribution in [0.2, 0.25) is 0 Å². The molecule has 35 heavy (non-hydrogen) atoms. The zero-order chi connectivity index (χ0) is 25.2. The average molecular weight is 478 g/mol. The Morgan fingerprint density at radius 2 is 1.74 bits per heavy atom. The fourth-order valence-electron chi connectivity index (χ4n) is 4.31. The molecule has 0 bridgehead atoms. The number of rotatable bonds is 13. The molecule has 1 aromatic heterocycles. The number of ether oxygens (including phenoxy) is 1. The maximum absolute atomic E-state index is 13.5. The number of aromatic nitrogens is 1. The van der Waals surface area contributed by atoms with Gasteiger partial charge in [0.15, 0.2) is 0 Å². The highest BCUT2D eigenvalue weighted by Gasteiger charge is 2.23. The number of methoxy groups -OCH3 is 1. The summed E-state index contributed by atoms with van der Waals surface area (Å²) in [7, 11) is 1.64. The predicted octanol–water partition coefficient (Wildman–Crippen LogP) is 5.57. The number of H-pyrrole nitrogens is 1. The average Bonchev–Trinajstić information content (AvgIpc) is 3.28. The number of aromatic amines is 1. The number of unbranched alkanes of at least 4 members (excludes halogenated alkanes) is 2. The van der Waals surface area contributed by atoms with Crippen LogP contribution in [0.5, 0.6) is 5.75 Å². The minimum atomic E-state index is -0.0294. The molecule has 3 rings (SSSR count). The number of para-hydroxylation sites is 1. The molecule has 1 heterocycles. The van der Waals surface area contributed by atoms with Gasteiger partial charge >= 0.3 is 0 Å². The highest BCUT2D eigenvalue weighted by molar-refractivity contribution is 5.85. The van der Waals surface area contributed by atoms with Crippen LogP contribution in [0.4, 0.5) is 0 Å². The summed E-state index contributed by atoms with van der Waals surface area (Å²) in [4.78, 5) is 33.3. The number of benzene rings is 2. The van der Waals surface area contributed by atoms with E-state index >= 15 is 0 Å². The number of nitrogens with zero attached hydrogens (tertiary/aromatic N) is 2. The van der Waals surface area contributed by atoms with E-state index in [1.165, 1.54) is 10.9 Å². The molecule has 2 amide bonds. The molecule has 0 aliphatic heterocycles. The second kappa shape index (κ2) is 13.0. The summed E-state index contributed by atoms with van der Waals surface area (Å²) in [5.41, 5.74) is 3.31. The molecule has 6 nitrogen and oxygen atoms in total. The summed E-state index contributed by atoms with van der Waals surface area (Å²) >= 11 is 0. The van der Waals surface area contributed by atoms with Gasteiger partial charge in [-0.15, -0.1) is 0 Å². The molecule has 0 saturated heterocycles. The molecule has 2 aromatic carbocycles. The maximum atomic E-state index is 13.5. The Labute approximate surface area is 209 Å². The van der Waals surface area contributed by atoms with Gasteiger partial charge in [-0.25, -0.2) is 0 Å². The predicted molar refractivity (Wildman–Crippen MR) is 141 cm³/mol. The third-order valence-corrected chi connectivity index (χ3v) is 6.45. The van der Waals surface area contributed by atoms with E-state index in [4.69, 9.17) is 4.74 Å². The summed E-state index contributed by atoms with van der Waals surface area (Å²) in [6, 6.07) is 16.0. The minimum Gasteiger partial charge on any atom is -0.497 e. The second-order valence-electron chi connectivity index (χ2n) is 9.35. The Hall–Kier alpha value is -3.28. The maximum Gasteiger partial charge on any atom is 0.242 e. The lowest BCUT2D eigenvalue weighted by Crippen LogP contribution is -2.46. The lowest BCUT2D eigenvalue weighted by Gasteiger charge is -2.30. The van der Waals surface area contributed by atoms with Crippen LogP contribution in [-0.4, -0.2) is 52.8 Å². The first kappa shape index (κ1) is 26.3. The van der Waals surface area contributed by atoms with Crippen molar-refractivity contribution in [3.05, 3.63) is 65.9 Å². The first-order valence-corrected chi connectivity index (χ1v) is 12.7. The number of carbonyl (C=O) groups excluding carboxylic acids is 2. The van der Waals surface area contributed by atoms with Crippen molar-refractivity contribution < 1.29 is 14.3 Å². The van der Waals surface area contributed by atoms with E-state index in [1.807, 2.05) is 61.3 Å². The molecule has 188 valence electrons. The standard InChI is InChI=1S/C29H39N3O3/c1-5-6-7-12-28(33)32(22(2)3)21-29(34)31(20-23-13-15-25(35-4)16-14-23)18-17-24-19-30-27-11-9-8-10-26(24)27/h8-11,13-16,19,22,30H,5-7,12,17-18,20-21H2,1-4H3. The summed E-state index contributed by atoms with van der Waals surface area (Å²) in [6.07, 6.45) is 6.21. The van der Waals surface area contributed by atoms with E-state index in [-0.39, 0.29) is 24.4 Å². The minimum absolute atomic E-state index is 0.0236. The highest BCUT2D eigenvalue weighted by atomic mass is 16.5. The van der Waals surface area contributed by atoms with Gasteiger partial charge in [-0.3, -0.25) is 9.59 Å². The molecular weight excluding hydrogens is 438 g/mol. The molecule has 1 N–H and O–H groups in total. The van der Waals surface area contributed by atoms with Crippen molar-refractivity contribution in [3.63, 3.8) is 0 Å². The number of hydrogen-bond acceptors (Lipinski definition) is 3. The third-order valence-electron chi connectivity index (χ3n) is 6.45. The van der Waals surface area contributed by atoms with Crippen LogP contribution in [0.1, 0.15) is 57.6 Å². The van der Waals surface area contributed by atoms with Crippen LogP contribution in [0, 0.1) is 0 Å². The largest absolute Gasteiger partial charge is 0.497 e. The second-order valence-corrected chi connectivity index (χ2v) is 9.35. The van der Waals surface area contributed by atoms with Crippen LogP contribution in [-0.2, 0) is 22.6 Å². The van der Waals surface area contributed by atoms with Gasteiger partial charge in [-0.05, 0) is 56.0 Å². The fourth-order valence-corrected chi connectivity index (χ4v) is 4.31.